The molecule has 0 atom stereocenters. The third kappa shape index (κ3) is 2.67. The highest BCUT2D eigenvalue weighted by Gasteiger charge is 2.08. The van der Waals surface area contributed by atoms with E-state index >= 15 is 0 Å². The topological polar surface area (TPSA) is 52.9 Å². The number of hydrogen-bond acceptors (Lipinski definition) is 2. The smallest absolute Gasteiger partial charge is 0.251 e. The number of carbonyl (C=O) groups is 1. The molecule has 2 rings (SSSR count). The van der Waals surface area contributed by atoms with Gasteiger partial charge >= 0.3 is 0 Å². The van der Waals surface area contributed by atoms with Crippen molar-refractivity contribution < 1.29 is 4.79 Å². The average molecular weight is 238 g/mol. The van der Waals surface area contributed by atoms with Crippen LogP contribution in [0.25, 0.3) is 10.8 Å². The maximum atomic E-state index is 12.0. The van der Waals surface area contributed by atoms with E-state index in [1.54, 1.807) is 0 Å². The van der Waals surface area contributed by atoms with Crippen LogP contribution in [0.1, 0.15) is 23.2 Å². The Hall–Kier alpha value is -2.34. The van der Waals surface area contributed by atoms with Crippen LogP contribution in [0, 0.1) is 11.3 Å². The molecule has 1 N–H and O–H groups in total. The Morgan fingerprint density at radius 2 is 1.94 bits per heavy atom. The molecule has 18 heavy (non-hydrogen) atoms. The molecular formula is C15H14N2O. The van der Waals surface area contributed by atoms with Gasteiger partial charge in [0.15, 0.2) is 0 Å². The zero-order chi connectivity index (χ0) is 12.8. The van der Waals surface area contributed by atoms with Crippen LogP contribution in [0.2, 0.25) is 0 Å². The second kappa shape index (κ2) is 5.83. The summed E-state index contributed by atoms with van der Waals surface area (Å²) < 4.78 is 0. The van der Waals surface area contributed by atoms with Crippen molar-refractivity contribution in [1.29, 1.82) is 5.26 Å². The first-order valence-electron chi connectivity index (χ1n) is 5.96. The van der Waals surface area contributed by atoms with Crippen LogP contribution in [-0.2, 0) is 0 Å². The van der Waals surface area contributed by atoms with Crippen LogP contribution in [0.3, 0.4) is 0 Å². The summed E-state index contributed by atoms with van der Waals surface area (Å²) in [6, 6.07) is 15.6. The number of rotatable bonds is 4. The number of nitriles is 1. The SMILES string of the molecule is N#CCCCNC(=O)c1cccc2ccccc12. The van der Waals surface area contributed by atoms with Crippen molar-refractivity contribution in [2.24, 2.45) is 0 Å². The van der Waals surface area contributed by atoms with E-state index in [0.717, 1.165) is 10.8 Å². The lowest BCUT2D eigenvalue weighted by Gasteiger charge is -2.07. The van der Waals surface area contributed by atoms with Crippen LogP contribution >= 0.6 is 0 Å². The van der Waals surface area contributed by atoms with Crippen LogP contribution in [0.5, 0.6) is 0 Å². The molecule has 0 unspecified atom stereocenters. The van der Waals surface area contributed by atoms with Gasteiger partial charge in [-0.1, -0.05) is 36.4 Å². The summed E-state index contributed by atoms with van der Waals surface area (Å²) >= 11 is 0. The fraction of sp³-hybridized carbons (Fsp3) is 0.200. The number of unbranched alkanes of at least 4 members (excludes halogenated alkanes) is 1. The predicted octanol–water partition coefficient (Wildman–Crippen LogP) is 2.87. The minimum Gasteiger partial charge on any atom is -0.352 e. The highest BCUT2D eigenvalue weighted by atomic mass is 16.1. The molecule has 0 saturated carbocycles. The summed E-state index contributed by atoms with van der Waals surface area (Å²) in [5.41, 5.74) is 0.685. The van der Waals surface area contributed by atoms with Gasteiger partial charge in [0, 0.05) is 18.5 Å². The van der Waals surface area contributed by atoms with Crippen molar-refractivity contribution in [2.75, 3.05) is 6.54 Å². The normalized spacial score (nSPS) is 9.94. The molecule has 0 aromatic heterocycles. The van der Waals surface area contributed by atoms with Crippen molar-refractivity contribution in [3.8, 4) is 6.07 Å². The molecule has 0 heterocycles. The summed E-state index contributed by atoms with van der Waals surface area (Å²) in [7, 11) is 0. The lowest BCUT2D eigenvalue weighted by molar-refractivity contribution is 0.0955. The first kappa shape index (κ1) is 12.1. The van der Waals surface area contributed by atoms with E-state index in [4.69, 9.17) is 5.26 Å². The zero-order valence-electron chi connectivity index (χ0n) is 10.0. The summed E-state index contributed by atoms with van der Waals surface area (Å²) in [6.07, 6.45) is 1.16. The van der Waals surface area contributed by atoms with Gasteiger partial charge in [0.2, 0.25) is 0 Å². The number of carbonyl (C=O) groups excluding carboxylic acids is 1. The molecule has 0 spiro atoms. The summed E-state index contributed by atoms with van der Waals surface area (Å²) in [4.78, 5) is 12.0. The van der Waals surface area contributed by atoms with E-state index < -0.39 is 0 Å². The number of hydrogen-bond donors (Lipinski definition) is 1. The Balaban J connectivity index is 2.15. The molecule has 3 heteroatoms. The quantitative estimate of drug-likeness (QED) is 0.833. The largest absolute Gasteiger partial charge is 0.352 e. The molecule has 2 aromatic carbocycles. The highest BCUT2D eigenvalue weighted by molar-refractivity contribution is 6.06. The first-order valence-corrected chi connectivity index (χ1v) is 5.96. The molecule has 0 fully saturated rings. The van der Waals surface area contributed by atoms with Gasteiger partial charge in [-0.25, -0.2) is 0 Å². The van der Waals surface area contributed by atoms with Gasteiger partial charge < -0.3 is 5.32 Å². The molecule has 0 saturated heterocycles. The number of amides is 1. The Labute approximate surface area is 106 Å². The second-order valence-corrected chi connectivity index (χ2v) is 4.04. The maximum absolute atomic E-state index is 12.0. The lowest BCUT2D eigenvalue weighted by Crippen LogP contribution is -2.24. The minimum absolute atomic E-state index is 0.0789. The van der Waals surface area contributed by atoms with Gasteiger partial charge in [0.25, 0.3) is 5.91 Å². The Bertz CT molecular complexity index is 593. The molecule has 90 valence electrons. The van der Waals surface area contributed by atoms with Crippen molar-refractivity contribution in [3.05, 3.63) is 48.0 Å². The third-order valence-electron chi connectivity index (χ3n) is 2.79. The number of nitrogens with one attached hydrogen (secondary N) is 1. The standard InChI is InChI=1S/C15H14N2O/c16-10-3-4-11-17-15(18)14-9-5-7-12-6-1-2-8-13(12)14/h1-2,5-9H,3-4,11H2,(H,17,18). The average Bonchev–Trinajstić information content (AvgIpc) is 2.43. The van der Waals surface area contributed by atoms with Crippen molar-refractivity contribution in [2.45, 2.75) is 12.8 Å². The van der Waals surface area contributed by atoms with Gasteiger partial charge in [0.1, 0.15) is 0 Å². The van der Waals surface area contributed by atoms with E-state index in [2.05, 4.69) is 11.4 Å². The van der Waals surface area contributed by atoms with Crippen molar-refractivity contribution in [1.82, 2.24) is 5.32 Å². The molecular weight excluding hydrogens is 224 g/mol. The fourth-order valence-electron chi connectivity index (χ4n) is 1.89. The van der Waals surface area contributed by atoms with E-state index in [-0.39, 0.29) is 5.91 Å². The fourth-order valence-corrected chi connectivity index (χ4v) is 1.89. The predicted molar refractivity (Wildman–Crippen MR) is 71.1 cm³/mol. The Kier molecular flexibility index (Phi) is 3.93. The molecule has 0 bridgehead atoms. The molecule has 0 aliphatic carbocycles. The summed E-state index contributed by atoms with van der Waals surface area (Å²) in [6.45, 7) is 0.537. The van der Waals surface area contributed by atoms with E-state index in [9.17, 15) is 4.79 Å². The van der Waals surface area contributed by atoms with Gasteiger partial charge in [-0.05, 0) is 23.3 Å². The molecule has 2 aromatic rings. The summed E-state index contributed by atoms with van der Waals surface area (Å²) in [5.74, 6) is -0.0789. The molecule has 3 nitrogen and oxygen atoms in total. The van der Waals surface area contributed by atoms with Crippen LogP contribution in [-0.4, -0.2) is 12.5 Å². The van der Waals surface area contributed by atoms with E-state index in [1.807, 2.05) is 42.5 Å². The molecule has 0 aliphatic heterocycles. The maximum Gasteiger partial charge on any atom is 0.251 e. The molecule has 0 radical (unpaired) electrons. The zero-order valence-corrected chi connectivity index (χ0v) is 10.0. The number of fused-ring (bicyclic) bond motifs is 1. The monoisotopic (exact) mass is 238 g/mol. The Morgan fingerprint density at radius 3 is 2.78 bits per heavy atom. The van der Waals surface area contributed by atoms with Gasteiger partial charge in [-0.2, -0.15) is 5.26 Å². The number of nitrogens with zero attached hydrogens (tertiary/aromatic N) is 1. The third-order valence-corrected chi connectivity index (χ3v) is 2.79. The number of benzene rings is 2. The van der Waals surface area contributed by atoms with Crippen LogP contribution < -0.4 is 5.32 Å². The van der Waals surface area contributed by atoms with Gasteiger partial charge in [-0.3, -0.25) is 4.79 Å². The molecule has 1 amide bonds. The van der Waals surface area contributed by atoms with Crippen molar-refractivity contribution >= 4 is 16.7 Å². The summed E-state index contributed by atoms with van der Waals surface area (Å²) in [5, 5.41) is 13.3. The second-order valence-electron chi connectivity index (χ2n) is 4.04. The van der Waals surface area contributed by atoms with Gasteiger partial charge in [-0.15, -0.1) is 0 Å². The van der Waals surface area contributed by atoms with E-state index in [1.165, 1.54) is 0 Å². The molecule has 0 aliphatic rings. The van der Waals surface area contributed by atoms with Crippen LogP contribution in [0.15, 0.2) is 42.5 Å². The van der Waals surface area contributed by atoms with Crippen molar-refractivity contribution in [3.63, 3.8) is 0 Å². The van der Waals surface area contributed by atoms with Crippen LogP contribution in [0.4, 0.5) is 0 Å². The Morgan fingerprint density at radius 1 is 1.17 bits per heavy atom. The van der Waals surface area contributed by atoms with E-state index in [0.29, 0.717) is 24.9 Å². The minimum atomic E-state index is -0.0789. The highest BCUT2D eigenvalue weighted by Crippen LogP contribution is 2.18. The van der Waals surface area contributed by atoms with Gasteiger partial charge in [0.05, 0.1) is 6.07 Å². The first-order chi connectivity index (χ1) is 8.83. The lowest BCUT2D eigenvalue weighted by atomic mass is 10.0.